The van der Waals surface area contributed by atoms with Crippen LogP contribution in [-0.4, -0.2) is 0 Å². The SMILES string of the molecule is [Cl-].c1ccc(-c2c(-c3ccccc3)c(-c3ccccc3)c3c(-c4[nH+]ccc5ccccc45)c4ccccc4cc3c2-c2ccccc2)cc1. The Bertz CT molecular complexity index is 2570. The van der Waals surface area contributed by atoms with Gasteiger partial charge in [0.2, 0.25) is 5.69 Å². The Morgan fingerprint density at radius 1 is 0.306 bits per heavy atom. The fourth-order valence-corrected chi connectivity index (χ4v) is 7.53. The second-order valence-electron chi connectivity index (χ2n) is 12.3. The first-order valence-corrected chi connectivity index (χ1v) is 16.5. The molecule has 0 saturated heterocycles. The van der Waals surface area contributed by atoms with Gasteiger partial charge in [-0.3, -0.25) is 0 Å². The van der Waals surface area contributed by atoms with Crippen molar-refractivity contribution in [2.75, 3.05) is 0 Å². The number of halogens is 1. The maximum Gasteiger partial charge on any atom is 0.219 e. The van der Waals surface area contributed by atoms with Gasteiger partial charge in [-0.1, -0.05) is 164 Å². The second-order valence-corrected chi connectivity index (χ2v) is 12.3. The summed E-state index contributed by atoms with van der Waals surface area (Å²) in [4.78, 5) is 3.76. The smallest absolute Gasteiger partial charge is 0.219 e. The molecule has 1 aromatic heterocycles. The predicted molar refractivity (Wildman–Crippen MR) is 203 cm³/mol. The van der Waals surface area contributed by atoms with E-state index in [9.17, 15) is 0 Å². The van der Waals surface area contributed by atoms with E-state index in [4.69, 9.17) is 0 Å². The average molecular weight is 646 g/mol. The van der Waals surface area contributed by atoms with Crippen molar-refractivity contribution in [2.45, 2.75) is 0 Å². The summed E-state index contributed by atoms with van der Waals surface area (Å²) in [5.41, 5.74) is 12.1. The number of benzene rings is 8. The van der Waals surface area contributed by atoms with Crippen molar-refractivity contribution in [1.29, 1.82) is 0 Å². The van der Waals surface area contributed by atoms with Crippen molar-refractivity contribution < 1.29 is 17.4 Å². The summed E-state index contributed by atoms with van der Waals surface area (Å²) in [5, 5.41) is 7.31. The Balaban J connectivity index is 0.00000348. The van der Waals surface area contributed by atoms with Crippen LogP contribution in [0.5, 0.6) is 0 Å². The minimum atomic E-state index is 0. The topological polar surface area (TPSA) is 14.1 Å². The summed E-state index contributed by atoms with van der Waals surface area (Å²) in [6.45, 7) is 0. The summed E-state index contributed by atoms with van der Waals surface area (Å²) >= 11 is 0. The normalized spacial score (nSPS) is 11.1. The van der Waals surface area contributed by atoms with Crippen LogP contribution in [0.25, 0.3) is 88.1 Å². The van der Waals surface area contributed by atoms with E-state index < -0.39 is 0 Å². The summed E-state index contributed by atoms with van der Waals surface area (Å²) < 4.78 is 0. The lowest BCUT2D eigenvalue weighted by atomic mass is 9.76. The molecule has 1 heterocycles. The highest BCUT2D eigenvalue weighted by Crippen LogP contribution is 2.54. The van der Waals surface area contributed by atoms with Crippen molar-refractivity contribution in [3.8, 4) is 55.8 Å². The molecule has 0 fully saturated rings. The third-order valence-corrected chi connectivity index (χ3v) is 9.54. The quantitative estimate of drug-likeness (QED) is 0.166. The van der Waals surface area contributed by atoms with Crippen LogP contribution in [0.4, 0.5) is 0 Å². The first kappa shape index (κ1) is 30.3. The number of aromatic amines is 1. The maximum atomic E-state index is 3.76. The number of fused-ring (bicyclic) bond motifs is 3. The van der Waals surface area contributed by atoms with Gasteiger partial charge in [0, 0.05) is 11.5 Å². The fourth-order valence-electron chi connectivity index (χ4n) is 7.53. The standard InChI is InChI=1S/C47H31N.ClH/c1-5-18-33(19-6-1)41-40-31-37-26-14-15-27-38(37)46(47-39-28-16-13-17-32(39)29-30-48-47)45(40)44(36-24-11-4-12-25-36)43(35-22-9-3-10-23-35)42(41)34-20-7-2-8-21-34;/h1-31H;1H. The van der Waals surface area contributed by atoms with E-state index in [1.54, 1.807) is 0 Å². The molecule has 0 amide bonds. The Hall–Kier alpha value is -6.02. The molecule has 1 N–H and O–H groups in total. The molecule has 8 aromatic carbocycles. The number of aromatic nitrogens is 1. The monoisotopic (exact) mass is 645 g/mol. The first-order valence-electron chi connectivity index (χ1n) is 16.5. The zero-order valence-corrected chi connectivity index (χ0v) is 27.5. The lowest BCUT2D eigenvalue weighted by Crippen LogP contribution is -3.00. The van der Waals surface area contributed by atoms with Crippen LogP contribution in [-0.2, 0) is 0 Å². The predicted octanol–water partition coefficient (Wildman–Crippen LogP) is 9.30. The summed E-state index contributed by atoms with van der Waals surface area (Å²) in [6.07, 6.45) is 2.09. The molecule has 0 aliphatic rings. The molecule has 49 heavy (non-hydrogen) atoms. The Morgan fingerprint density at radius 2 is 0.735 bits per heavy atom. The van der Waals surface area contributed by atoms with Crippen LogP contribution in [0.1, 0.15) is 0 Å². The van der Waals surface area contributed by atoms with Crippen LogP contribution in [0, 0.1) is 0 Å². The number of hydrogen-bond donors (Lipinski definition) is 0. The van der Waals surface area contributed by atoms with E-state index >= 15 is 0 Å². The molecule has 9 aromatic rings. The molecule has 0 saturated carbocycles. The van der Waals surface area contributed by atoms with Crippen molar-refractivity contribution in [3.63, 3.8) is 0 Å². The van der Waals surface area contributed by atoms with Gasteiger partial charge in [-0.15, -0.1) is 0 Å². The molecule has 0 aliphatic carbocycles. The summed E-state index contributed by atoms with van der Waals surface area (Å²) in [6, 6.07) is 66.0. The number of pyridine rings is 1. The largest absolute Gasteiger partial charge is 1.00 e. The van der Waals surface area contributed by atoms with Gasteiger partial charge in [0.05, 0.1) is 10.9 Å². The highest BCUT2D eigenvalue weighted by atomic mass is 35.5. The molecule has 0 atom stereocenters. The Morgan fingerprint density at radius 3 is 1.31 bits per heavy atom. The first-order chi connectivity index (χ1) is 23.9. The van der Waals surface area contributed by atoms with Crippen LogP contribution >= 0.6 is 0 Å². The highest BCUT2D eigenvalue weighted by Gasteiger charge is 2.29. The summed E-state index contributed by atoms with van der Waals surface area (Å²) in [7, 11) is 0. The zero-order chi connectivity index (χ0) is 31.9. The lowest BCUT2D eigenvalue weighted by Gasteiger charge is -2.26. The molecule has 0 bridgehead atoms. The molecule has 0 aliphatic heterocycles. The second kappa shape index (κ2) is 12.9. The molecular weight excluding hydrogens is 614 g/mol. The van der Waals surface area contributed by atoms with E-state index in [1.165, 1.54) is 82.4 Å². The minimum absolute atomic E-state index is 0. The molecular formula is C47H32ClN. The molecule has 2 heteroatoms. The summed E-state index contributed by atoms with van der Waals surface area (Å²) in [5.74, 6) is 0. The van der Waals surface area contributed by atoms with Gasteiger partial charge >= 0.3 is 0 Å². The molecule has 0 unspecified atom stereocenters. The van der Waals surface area contributed by atoms with Crippen molar-refractivity contribution in [1.82, 2.24) is 0 Å². The van der Waals surface area contributed by atoms with Crippen LogP contribution in [0.15, 0.2) is 188 Å². The third-order valence-electron chi connectivity index (χ3n) is 9.54. The van der Waals surface area contributed by atoms with Crippen molar-refractivity contribution in [2.24, 2.45) is 0 Å². The van der Waals surface area contributed by atoms with Gasteiger partial charge < -0.3 is 12.4 Å². The minimum Gasteiger partial charge on any atom is -1.00 e. The number of hydrogen-bond acceptors (Lipinski definition) is 0. The Labute approximate surface area is 292 Å². The lowest BCUT2D eigenvalue weighted by molar-refractivity contribution is -0.362. The number of nitrogens with one attached hydrogen (secondary N) is 1. The van der Waals surface area contributed by atoms with E-state index in [0.717, 1.165) is 5.69 Å². The van der Waals surface area contributed by atoms with Crippen LogP contribution in [0.3, 0.4) is 0 Å². The third kappa shape index (κ3) is 5.17. The van der Waals surface area contributed by atoms with Gasteiger partial charge in [0.15, 0.2) is 6.20 Å². The van der Waals surface area contributed by atoms with E-state index in [-0.39, 0.29) is 12.4 Å². The molecule has 0 radical (unpaired) electrons. The van der Waals surface area contributed by atoms with Crippen LogP contribution in [0.2, 0.25) is 0 Å². The molecule has 9 rings (SSSR count). The number of rotatable bonds is 5. The fraction of sp³-hybridized carbons (Fsp3) is 0. The molecule has 0 spiro atoms. The van der Waals surface area contributed by atoms with E-state index in [1.807, 2.05) is 0 Å². The zero-order valence-electron chi connectivity index (χ0n) is 26.8. The van der Waals surface area contributed by atoms with Gasteiger partial charge in [0.25, 0.3) is 0 Å². The van der Waals surface area contributed by atoms with Gasteiger partial charge in [-0.2, -0.15) is 0 Å². The average Bonchev–Trinajstić information content (AvgIpc) is 3.17. The molecule has 1 nitrogen and oxygen atoms in total. The van der Waals surface area contributed by atoms with Gasteiger partial charge in [-0.05, 0) is 78.2 Å². The van der Waals surface area contributed by atoms with Gasteiger partial charge in [0.1, 0.15) is 0 Å². The van der Waals surface area contributed by atoms with Crippen molar-refractivity contribution >= 4 is 32.3 Å². The number of H-pyrrole nitrogens is 1. The van der Waals surface area contributed by atoms with Gasteiger partial charge in [-0.25, -0.2) is 4.98 Å². The molecule has 232 valence electrons. The van der Waals surface area contributed by atoms with Crippen molar-refractivity contribution in [3.05, 3.63) is 188 Å². The Kier molecular flexibility index (Phi) is 7.97. The van der Waals surface area contributed by atoms with E-state index in [0.29, 0.717) is 0 Å². The van der Waals surface area contributed by atoms with Crippen LogP contribution < -0.4 is 17.4 Å². The van der Waals surface area contributed by atoms with E-state index in [2.05, 4.69) is 193 Å². The highest BCUT2D eigenvalue weighted by molar-refractivity contribution is 6.27. The maximum absolute atomic E-state index is 3.76.